The molecule has 1 aromatic heterocycles. The summed E-state index contributed by atoms with van der Waals surface area (Å²) in [4.78, 5) is 26.5. The Morgan fingerprint density at radius 3 is 2.68 bits per heavy atom. The molecule has 0 saturated carbocycles. The lowest BCUT2D eigenvalue weighted by Crippen LogP contribution is -2.27. The van der Waals surface area contributed by atoms with Crippen LogP contribution in [0.4, 0.5) is 4.79 Å². The van der Waals surface area contributed by atoms with E-state index in [-0.39, 0.29) is 17.7 Å². The number of thioether (sulfide) groups is 1. The zero-order valence-electron chi connectivity index (χ0n) is 14.4. The summed E-state index contributed by atoms with van der Waals surface area (Å²) < 4.78 is 6.78. The maximum absolute atomic E-state index is 12.7. The van der Waals surface area contributed by atoms with Crippen LogP contribution in [0.1, 0.15) is 11.3 Å². The Bertz CT molecular complexity index is 1110. The van der Waals surface area contributed by atoms with Crippen LogP contribution < -0.4 is 0 Å². The zero-order chi connectivity index (χ0) is 19.7. The van der Waals surface area contributed by atoms with Crippen LogP contribution in [0.25, 0.3) is 17.4 Å². The van der Waals surface area contributed by atoms with Gasteiger partial charge in [-0.2, -0.15) is 0 Å². The number of benzene rings is 2. The van der Waals surface area contributed by atoms with E-state index in [0.29, 0.717) is 21.4 Å². The number of hydrogen-bond acceptors (Lipinski definition) is 4. The minimum Gasteiger partial charge on any atom is -0.457 e. The molecule has 140 valence electrons. The Morgan fingerprint density at radius 1 is 1.07 bits per heavy atom. The normalized spacial score (nSPS) is 15.6. The van der Waals surface area contributed by atoms with Crippen LogP contribution in [0.2, 0.25) is 5.02 Å². The van der Waals surface area contributed by atoms with Crippen LogP contribution in [0.15, 0.2) is 74.5 Å². The van der Waals surface area contributed by atoms with Crippen molar-refractivity contribution in [1.29, 1.82) is 0 Å². The van der Waals surface area contributed by atoms with Gasteiger partial charge >= 0.3 is 0 Å². The van der Waals surface area contributed by atoms with Crippen molar-refractivity contribution in [3.8, 4) is 11.3 Å². The molecule has 0 aliphatic carbocycles. The lowest BCUT2D eigenvalue weighted by atomic mass is 10.2. The molecule has 7 heteroatoms. The second-order valence-corrected chi connectivity index (χ2v) is 8.39. The average molecular weight is 475 g/mol. The minimum atomic E-state index is -0.352. The maximum atomic E-state index is 12.7. The highest BCUT2D eigenvalue weighted by atomic mass is 79.9. The van der Waals surface area contributed by atoms with Crippen molar-refractivity contribution in [2.45, 2.75) is 6.54 Å². The van der Waals surface area contributed by atoms with Gasteiger partial charge in [0, 0.05) is 21.1 Å². The van der Waals surface area contributed by atoms with Crippen molar-refractivity contribution in [2.24, 2.45) is 0 Å². The third-order valence-electron chi connectivity index (χ3n) is 4.17. The standard InChI is InChI=1S/C21H13BrClNO3S/c22-15-6-3-5-13(10-15)18-9-8-16(27-18)11-19-20(25)24(21(26)28-19)12-14-4-1-2-7-17(14)23/h1-11H,12H2/b19-11-. The van der Waals surface area contributed by atoms with Crippen LogP contribution >= 0.6 is 39.3 Å². The van der Waals surface area contributed by atoms with Crippen LogP contribution in [0, 0.1) is 0 Å². The molecule has 2 amide bonds. The summed E-state index contributed by atoms with van der Waals surface area (Å²) in [6.07, 6.45) is 1.60. The summed E-state index contributed by atoms with van der Waals surface area (Å²) >= 11 is 10.5. The highest BCUT2D eigenvalue weighted by Gasteiger charge is 2.35. The van der Waals surface area contributed by atoms with Crippen molar-refractivity contribution in [2.75, 3.05) is 0 Å². The first-order valence-electron chi connectivity index (χ1n) is 8.36. The van der Waals surface area contributed by atoms with Gasteiger partial charge in [-0.1, -0.05) is 57.9 Å². The fourth-order valence-corrected chi connectivity index (χ4v) is 4.20. The molecular weight excluding hydrogens is 462 g/mol. The molecule has 4 nitrogen and oxygen atoms in total. The van der Waals surface area contributed by atoms with Gasteiger partial charge < -0.3 is 4.42 Å². The molecule has 0 spiro atoms. The van der Waals surface area contributed by atoms with Crippen LogP contribution in [0.5, 0.6) is 0 Å². The van der Waals surface area contributed by atoms with E-state index in [1.807, 2.05) is 36.4 Å². The van der Waals surface area contributed by atoms with Crippen molar-refractivity contribution < 1.29 is 14.0 Å². The largest absolute Gasteiger partial charge is 0.457 e. The molecule has 0 radical (unpaired) electrons. The number of furan rings is 1. The molecule has 4 rings (SSSR count). The smallest absolute Gasteiger partial charge is 0.293 e. The number of carbonyl (C=O) groups is 2. The van der Waals surface area contributed by atoms with Gasteiger partial charge in [0.1, 0.15) is 11.5 Å². The van der Waals surface area contributed by atoms with Gasteiger partial charge in [0.25, 0.3) is 11.1 Å². The predicted molar refractivity (Wildman–Crippen MR) is 115 cm³/mol. The predicted octanol–water partition coefficient (Wildman–Crippen LogP) is 6.60. The number of nitrogens with zero attached hydrogens (tertiary/aromatic N) is 1. The molecule has 3 aromatic rings. The Morgan fingerprint density at radius 2 is 1.89 bits per heavy atom. The Labute approximate surface area is 179 Å². The van der Waals surface area contributed by atoms with Crippen LogP contribution in [-0.2, 0) is 11.3 Å². The molecule has 1 saturated heterocycles. The molecule has 1 aliphatic rings. The molecule has 2 heterocycles. The van der Waals surface area contributed by atoms with E-state index in [4.69, 9.17) is 16.0 Å². The van der Waals surface area contributed by atoms with Gasteiger partial charge in [-0.05, 0) is 47.7 Å². The van der Waals surface area contributed by atoms with E-state index in [2.05, 4.69) is 15.9 Å². The Hall–Kier alpha value is -2.28. The number of carbonyl (C=O) groups excluding carboxylic acids is 2. The molecule has 0 unspecified atom stereocenters. The lowest BCUT2D eigenvalue weighted by Gasteiger charge is -2.13. The highest BCUT2D eigenvalue weighted by molar-refractivity contribution is 9.10. The van der Waals surface area contributed by atoms with Gasteiger partial charge in [0.15, 0.2) is 0 Å². The number of halogens is 2. The zero-order valence-corrected chi connectivity index (χ0v) is 17.6. The molecule has 28 heavy (non-hydrogen) atoms. The molecule has 0 N–H and O–H groups in total. The van der Waals surface area contributed by atoms with E-state index in [1.54, 1.807) is 30.3 Å². The van der Waals surface area contributed by atoms with E-state index < -0.39 is 0 Å². The van der Waals surface area contributed by atoms with Crippen molar-refractivity contribution in [3.05, 3.63) is 86.4 Å². The van der Waals surface area contributed by atoms with E-state index in [9.17, 15) is 9.59 Å². The van der Waals surface area contributed by atoms with E-state index >= 15 is 0 Å². The summed E-state index contributed by atoms with van der Waals surface area (Å²) in [6.45, 7) is 0.142. The fraction of sp³-hybridized carbons (Fsp3) is 0.0476. The highest BCUT2D eigenvalue weighted by Crippen LogP contribution is 2.35. The Kier molecular flexibility index (Phi) is 5.44. The first kappa shape index (κ1) is 19.1. The first-order valence-corrected chi connectivity index (χ1v) is 10.3. The first-order chi connectivity index (χ1) is 13.5. The Balaban J connectivity index is 1.55. The van der Waals surface area contributed by atoms with Gasteiger partial charge in [0.2, 0.25) is 0 Å². The number of rotatable bonds is 4. The quantitative estimate of drug-likeness (QED) is 0.400. The average Bonchev–Trinajstić information content (AvgIpc) is 3.24. The van der Waals surface area contributed by atoms with Gasteiger partial charge in [-0.25, -0.2) is 0 Å². The van der Waals surface area contributed by atoms with Crippen molar-refractivity contribution in [3.63, 3.8) is 0 Å². The second kappa shape index (κ2) is 7.99. The third-order valence-corrected chi connectivity index (χ3v) is 5.94. The monoisotopic (exact) mass is 473 g/mol. The summed E-state index contributed by atoms with van der Waals surface area (Å²) in [5.41, 5.74) is 1.64. The summed E-state index contributed by atoms with van der Waals surface area (Å²) in [5, 5.41) is 0.199. The fourth-order valence-electron chi connectivity index (χ4n) is 2.79. The summed E-state index contributed by atoms with van der Waals surface area (Å²) in [6, 6.07) is 18.5. The molecule has 1 fully saturated rings. The number of hydrogen-bond donors (Lipinski definition) is 0. The van der Waals surface area contributed by atoms with Crippen LogP contribution in [0.3, 0.4) is 0 Å². The topological polar surface area (TPSA) is 50.5 Å². The van der Waals surface area contributed by atoms with Crippen LogP contribution in [-0.4, -0.2) is 16.0 Å². The van der Waals surface area contributed by atoms with E-state index in [1.165, 1.54) is 4.90 Å². The van der Waals surface area contributed by atoms with Gasteiger partial charge in [-0.3, -0.25) is 14.5 Å². The van der Waals surface area contributed by atoms with Crippen molar-refractivity contribution >= 4 is 56.5 Å². The number of amides is 2. The van der Waals surface area contributed by atoms with Gasteiger partial charge in [-0.15, -0.1) is 0 Å². The molecule has 2 aromatic carbocycles. The third kappa shape index (κ3) is 3.94. The maximum Gasteiger partial charge on any atom is 0.293 e. The second-order valence-electron chi connectivity index (χ2n) is 6.07. The molecule has 0 atom stereocenters. The van der Waals surface area contributed by atoms with Crippen molar-refractivity contribution in [1.82, 2.24) is 4.90 Å². The van der Waals surface area contributed by atoms with Gasteiger partial charge in [0.05, 0.1) is 11.4 Å². The van der Waals surface area contributed by atoms with E-state index in [0.717, 1.165) is 27.4 Å². The summed E-state index contributed by atoms with van der Waals surface area (Å²) in [7, 11) is 0. The number of imide groups is 1. The SMILES string of the molecule is O=C1S/C(=C\c2ccc(-c3cccc(Br)c3)o2)C(=O)N1Cc1ccccc1Cl. The molecule has 1 aliphatic heterocycles. The molecule has 0 bridgehead atoms. The lowest BCUT2D eigenvalue weighted by molar-refractivity contribution is -0.123. The minimum absolute atomic E-state index is 0.142. The molecular formula is C21H13BrClNO3S. The summed E-state index contributed by atoms with van der Waals surface area (Å²) in [5.74, 6) is 0.844.